The van der Waals surface area contributed by atoms with Crippen molar-refractivity contribution in [2.24, 2.45) is 5.92 Å². The molecule has 0 saturated carbocycles. The molecule has 0 aliphatic carbocycles. The highest BCUT2D eigenvalue weighted by molar-refractivity contribution is 7.89. The minimum atomic E-state index is -3.97. The summed E-state index contributed by atoms with van der Waals surface area (Å²) in [4.78, 5) is 11.6. The molecule has 10 heteroatoms. The maximum atomic E-state index is 14.1. The van der Waals surface area contributed by atoms with Gasteiger partial charge in [0.1, 0.15) is 10.7 Å². The summed E-state index contributed by atoms with van der Waals surface area (Å²) in [5.74, 6) is -1.42. The van der Waals surface area contributed by atoms with Gasteiger partial charge in [-0.05, 0) is 25.2 Å². The fraction of sp³-hybridized carbons (Fsp3) is 0.533. The molecule has 142 valence electrons. The second kappa shape index (κ2) is 9.44. The number of amides is 1. The normalized spacial score (nSPS) is 16.8. The number of benzene rings is 1. The number of anilines is 1. The molecular weight excluding hydrogens is 373 g/mol. The molecule has 1 aliphatic rings. The molecule has 1 heterocycles. The number of morpholine rings is 1. The van der Waals surface area contributed by atoms with Crippen LogP contribution in [0, 0.1) is 11.7 Å². The van der Waals surface area contributed by atoms with Crippen LogP contribution in [-0.2, 0) is 19.6 Å². The van der Waals surface area contributed by atoms with Crippen molar-refractivity contribution < 1.29 is 22.3 Å². The van der Waals surface area contributed by atoms with Crippen LogP contribution in [0.1, 0.15) is 6.92 Å². The van der Waals surface area contributed by atoms with Crippen LogP contribution in [0.25, 0.3) is 0 Å². The number of hydrogen-bond acceptors (Lipinski definition) is 5. The van der Waals surface area contributed by atoms with Gasteiger partial charge in [-0.2, -0.15) is 4.31 Å². The van der Waals surface area contributed by atoms with Crippen molar-refractivity contribution in [2.45, 2.75) is 11.8 Å². The standard InChI is InChI=1S/C15H22FN3O4S.ClH/c1-11(10-17-2)15(20)18-12-3-4-13(16)14(9-12)24(21,22)19-5-7-23-8-6-19;/h3-4,9,11,17H,5-8,10H2,1-2H3,(H,18,20);1H. The monoisotopic (exact) mass is 395 g/mol. The molecule has 1 aliphatic heterocycles. The van der Waals surface area contributed by atoms with Gasteiger partial charge in [-0.25, -0.2) is 12.8 Å². The van der Waals surface area contributed by atoms with Crippen LogP contribution in [-0.4, -0.2) is 58.5 Å². The quantitative estimate of drug-likeness (QED) is 0.752. The van der Waals surface area contributed by atoms with Crippen molar-refractivity contribution >= 4 is 34.0 Å². The molecule has 1 amide bonds. The van der Waals surface area contributed by atoms with E-state index in [0.29, 0.717) is 6.54 Å². The second-order valence-corrected chi connectivity index (χ2v) is 7.52. The number of nitrogens with zero attached hydrogens (tertiary/aromatic N) is 1. The van der Waals surface area contributed by atoms with Crippen LogP contribution < -0.4 is 10.6 Å². The second-order valence-electron chi connectivity index (χ2n) is 5.61. The summed E-state index contributed by atoms with van der Waals surface area (Å²) >= 11 is 0. The Morgan fingerprint density at radius 2 is 2.00 bits per heavy atom. The molecular formula is C15H23ClFN3O4S. The first kappa shape index (κ1) is 21.8. The van der Waals surface area contributed by atoms with E-state index >= 15 is 0 Å². The summed E-state index contributed by atoms with van der Waals surface area (Å²) in [6.45, 7) is 3.12. The topological polar surface area (TPSA) is 87.7 Å². The van der Waals surface area contributed by atoms with E-state index in [0.717, 1.165) is 12.1 Å². The smallest absolute Gasteiger partial charge is 0.246 e. The molecule has 0 aromatic heterocycles. The Morgan fingerprint density at radius 3 is 2.60 bits per heavy atom. The van der Waals surface area contributed by atoms with Crippen molar-refractivity contribution in [1.82, 2.24) is 9.62 Å². The first-order valence-electron chi connectivity index (χ1n) is 7.69. The Hall–Kier alpha value is -1.26. The van der Waals surface area contributed by atoms with Gasteiger partial charge >= 0.3 is 0 Å². The van der Waals surface area contributed by atoms with Gasteiger partial charge in [-0.15, -0.1) is 12.4 Å². The zero-order valence-corrected chi connectivity index (χ0v) is 15.8. The van der Waals surface area contributed by atoms with Crippen molar-refractivity contribution in [1.29, 1.82) is 0 Å². The predicted molar refractivity (Wildman–Crippen MR) is 94.9 cm³/mol. The molecule has 25 heavy (non-hydrogen) atoms. The number of hydrogen-bond donors (Lipinski definition) is 2. The summed E-state index contributed by atoms with van der Waals surface area (Å²) in [6.07, 6.45) is 0. The van der Waals surface area contributed by atoms with Gasteiger partial charge in [0.05, 0.1) is 13.2 Å². The van der Waals surface area contributed by atoms with Crippen molar-refractivity contribution in [3.8, 4) is 0 Å². The highest BCUT2D eigenvalue weighted by Crippen LogP contribution is 2.24. The first-order valence-corrected chi connectivity index (χ1v) is 9.13. The first-order chi connectivity index (χ1) is 11.4. The Kier molecular flexibility index (Phi) is 8.23. The lowest BCUT2D eigenvalue weighted by molar-refractivity contribution is -0.119. The SMILES string of the molecule is CNCC(C)C(=O)Nc1ccc(F)c(S(=O)(=O)N2CCOCC2)c1.Cl. The highest BCUT2D eigenvalue weighted by Gasteiger charge is 2.29. The molecule has 2 rings (SSSR count). The number of sulfonamides is 1. The minimum absolute atomic E-state index is 0. The summed E-state index contributed by atoms with van der Waals surface area (Å²) in [6, 6.07) is 3.55. The van der Waals surface area contributed by atoms with E-state index in [-0.39, 0.29) is 56.2 Å². The van der Waals surface area contributed by atoms with E-state index in [9.17, 15) is 17.6 Å². The average molecular weight is 396 g/mol. The largest absolute Gasteiger partial charge is 0.379 e. The van der Waals surface area contributed by atoms with E-state index in [2.05, 4.69) is 10.6 Å². The number of rotatable bonds is 6. The molecule has 1 atom stereocenters. The molecule has 7 nitrogen and oxygen atoms in total. The molecule has 0 spiro atoms. The van der Waals surface area contributed by atoms with Gasteiger partial charge in [0.25, 0.3) is 0 Å². The number of carbonyl (C=O) groups excluding carboxylic acids is 1. The third-order valence-electron chi connectivity index (χ3n) is 3.74. The maximum Gasteiger partial charge on any atom is 0.246 e. The zero-order chi connectivity index (χ0) is 17.7. The lowest BCUT2D eigenvalue weighted by Crippen LogP contribution is -2.41. The number of halogens is 2. The third-order valence-corrected chi connectivity index (χ3v) is 5.66. The van der Waals surface area contributed by atoms with Gasteiger partial charge in [0, 0.05) is 31.2 Å². The Morgan fingerprint density at radius 1 is 1.36 bits per heavy atom. The van der Waals surface area contributed by atoms with E-state index in [1.165, 1.54) is 10.4 Å². The number of nitrogens with one attached hydrogen (secondary N) is 2. The van der Waals surface area contributed by atoms with Crippen LogP contribution in [0.2, 0.25) is 0 Å². The lowest BCUT2D eigenvalue weighted by atomic mass is 10.1. The molecule has 1 aromatic carbocycles. The minimum Gasteiger partial charge on any atom is -0.379 e. The average Bonchev–Trinajstić information content (AvgIpc) is 2.57. The van der Waals surface area contributed by atoms with E-state index in [1.807, 2.05) is 0 Å². The molecule has 1 saturated heterocycles. The summed E-state index contributed by atoms with van der Waals surface area (Å²) in [5, 5.41) is 5.50. The van der Waals surface area contributed by atoms with E-state index in [4.69, 9.17) is 4.74 Å². The fourth-order valence-corrected chi connectivity index (χ4v) is 3.87. The highest BCUT2D eigenvalue weighted by atomic mass is 35.5. The van der Waals surface area contributed by atoms with Crippen molar-refractivity contribution in [2.75, 3.05) is 45.2 Å². The van der Waals surface area contributed by atoms with Gasteiger partial charge in [0.2, 0.25) is 15.9 Å². The van der Waals surface area contributed by atoms with E-state index in [1.54, 1.807) is 14.0 Å². The summed E-state index contributed by atoms with van der Waals surface area (Å²) < 4.78 is 45.6. The van der Waals surface area contributed by atoms with E-state index < -0.39 is 20.7 Å². The van der Waals surface area contributed by atoms with Crippen LogP contribution in [0.15, 0.2) is 23.1 Å². The van der Waals surface area contributed by atoms with Crippen LogP contribution in [0.4, 0.5) is 10.1 Å². The Bertz CT molecular complexity index is 696. The van der Waals surface area contributed by atoms with Crippen molar-refractivity contribution in [3.05, 3.63) is 24.0 Å². The lowest BCUT2D eigenvalue weighted by Gasteiger charge is -2.26. The molecule has 0 radical (unpaired) electrons. The summed E-state index contributed by atoms with van der Waals surface area (Å²) in [7, 11) is -2.24. The molecule has 1 fully saturated rings. The molecule has 2 N–H and O–H groups in total. The Balaban J connectivity index is 0.00000312. The Labute approximate surface area is 153 Å². The van der Waals surface area contributed by atoms with Gasteiger partial charge in [-0.3, -0.25) is 4.79 Å². The molecule has 0 bridgehead atoms. The van der Waals surface area contributed by atoms with Gasteiger partial charge in [0.15, 0.2) is 0 Å². The third kappa shape index (κ3) is 5.35. The molecule has 1 aromatic rings. The van der Waals surface area contributed by atoms with Crippen molar-refractivity contribution in [3.63, 3.8) is 0 Å². The summed E-state index contributed by atoms with van der Waals surface area (Å²) in [5.41, 5.74) is 0.246. The zero-order valence-electron chi connectivity index (χ0n) is 14.1. The van der Waals surface area contributed by atoms with Crippen LogP contribution in [0.5, 0.6) is 0 Å². The number of carbonyl (C=O) groups is 1. The fourth-order valence-electron chi connectivity index (χ4n) is 2.37. The number of ether oxygens (including phenoxy) is 1. The maximum absolute atomic E-state index is 14.1. The van der Waals surface area contributed by atoms with Gasteiger partial charge < -0.3 is 15.4 Å². The molecule has 1 unspecified atom stereocenters. The van der Waals surface area contributed by atoms with Crippen LogP contribution in [0.3, 0.4) is 0 Å². The van der Waals surface area contributed by atoms with Crippen LogP contribution >= 0.6 is 12.4 Å². The van der Waals surface area contributed by atoms with Gasteiger partial charge in [-0.1, -0.05) is 6.92 Å². The predicted octanol–water partition coefficient (Wildman–Crippen LogP) is 1.06.